The average molecular weight is 267 g/mol. The number of carbonyl (C=O) groups excluding carboxylic acids is 1. The Balaban J connectivity index is 2.29. The van der Waals surface area contributed by atoms with E-state index in [1.165, 1.54) is 22.8 Å². The fraction of sp³-hybridized carbons (Fsp3) is 0.333. The highest BCUT2D eigenvalue weighted by Gasteiger charge is 2.25. The van der Waals surface area contributed by atoms with Gasteiger partial charge in [-0.3, -0.25) is 4.79 Å². The molecule has 0 aliphatic carbocycles. The van der Waals surface area contributed by atoms with Crippen molar-refractivity contribution >= 4 is 23.0 Å². The van der Waals surface area contributed by atoms with E-state index < -0.39 is 18.1 Å². The van der Waals surface area contributed by atoms with Gasteiger partial charge in [-0.05, 0) is 11.6 Å². The lowest BCUT2D eigenvalue weighted by molar-refractivity contribution is 0.0719. The van der Waals surface area contributed by atoms with Crippen molar-refractivity contribution in [2.45, 2.75) is 12.1 Å². The van der Waals surface area contributed by atoms with Gasteiger partial charge in [0.15, 0.2) is 10.8 Å². The minimum absolute atomic E-state index is 0.000997. The molecule has 0 spiro atoms. The summed E-state index contributed by atoms with van der Waals surface area (Å²) in [4.78, 5) is 17.5. The highest BCUT2D eigenvalue weighted by Crippen LogP contribution is 2.26. The molecule has 0 radical (unpaired) electrons. The van der Waals surface area contributed by atoms with E-state index in [9.17, 15) is 9.90 Å². The van der Waals surface area contributed by atoms with E-state index in [4.69, 9.17) is 16.0 Å². The van der Waals surface area contributed by atoms with Gasteiger partial charge in [0, 0.05) is 10.3 Å². The zero-order valence-electron chi connectivity index (χ0n) is 9.05. The number of carbonyl (C=O) groups is 1. The number of aliphatic hydroxyl groups is 1. The molecule has 1 aliphatic rings. The van der Waals surface area contributed by atoms with E-state index in [0.717, 1.165) is 0 Å². The maximum absolute atomic E-state index is 10.9. The van der Waals surface area contributed by atoms with E-state index in [-0.39, 0.29) is 12.3 Å². The van der Waals surface area contributed by atoms with Crippen LogP contribution in [0.15, 0.2) is 16.6 Å². The third-order valence-corrected chi connectivity index (χ3v) is 3.14. The Morgan fingerprint density at radius 3 is 3.17 bits per heavy atom. The summed E-state index contributed by atoms with van der Waals surface area (Å²) in [6.07, 6.45) is 0.581. The first-order chi connectivity index (χ1) is 8.61. The summed E-state index contributed by atoms with van der Waals surface area (Å²) < 4.78 is 5.27. The fourth-order valence-corrected chi connectivity index (χ4v) is 2.18. The van der Waals surface area contributed by atoms with Crippen molar-refractivity contribution in [2.75, 3.05) is 6.61 Å². The van der Waals surface area contributed by atoms with Crippen molar-refractivity contribution in [1.82, 2.24) is 4.98 Å². The molecule has 0 unspecified atom stereocenters. The number of hydrogen-bond acceptors (Lipinski definition) is 6. The van der Waals surface area contributed by atoms with Crippen LogP contribution in [0.5, 0.6) is 0 Å². The molecule has 0 aromatic carbocycles. The maximum atomic E-state index is 10.9. The van der Waals surface area contributed by atoms with Gasteiger partial charge in [0.05, 0.1) is 6.04 Å². The second kappa shape index (κ2) is 5.05. The molecule has 1 aromatic rings. The Kier molecular flexibility index (Phi) is 3.47. The van der Waals surface area contributed by atoms with Crippen LogP contribution in [0.4, 0.5) is 0 Å². The molecule has 2 heterocycles. The molecule has 2 atom stereocenters. The molecule has 0 saturated heterocycles. The number of nitrogens with two attached hydrogens (primary N) is 1. The normalized spacial score (nSPS) is 22.6. The number of nitrogens with zero attached hydrogens (tertiary/aromatic N) is 4. The van der Waals surface area contributed by atoms with Gasteiger partial charge in [0.2, 0.25) is 0 Å². The van der Waals surface area contributed by atoms with Gasteiger partial charge >= 0.3 is 0 Å². The van der Waals surface area contributed by atoms with Gasteiger partial charge in [0.1, 0.15) is 18.4 Å². The molecule has 9 heteroatoms. The zero-order valence-corrected chi connectivity index (χ0v) is 9.87. The Morgan fingerprint density at radius 2 is 2.56 bits per heavy atom. The van der Waals surface area contributed by atoms with Gasteiger partial charge in [-0.2, -0.15) is 0 Å². The molecule has 0 saturated carbocycles. The number of aromatic nitrogens is 1. The maximum Gasteiger partial charge on any atom is 0.268 e. The van der Waals surface area contributed by atoms with Gasteiger partial charge < -0.3 is 15.6 Å². The third kappa shape index (κ3) is 2.43. The molecule has 1 aliphatic heterocycles. The van der Waals surface area contributed by atoms with Crippen molar-refractivity contribution in [3.63, 3.8) is 0 Å². The molecular weight excluding hydrogens is 258 g/mol. The summed E-state index contributed by atoms with van der Waals surface area (Å²) in [5, 5.41) is 14.9. The first-order valence-electron chi connectivity index (χ1n) is 4.94. The standard InChI is InChI=1S/C9H9N5O3S/c10-8(16)5-3-18-9(12-5)7-1-4(13-14-11)6(15)2-17-7/h1,3-4,6,15H,2H2,(H2,10,16)/t4-,6-/m1/s1. The molecule has 8 nitrogen and oxygen atoms in total. The summed E-state index contributed by atoms with van der Waals surface area (Å²) in [5.74, 6) is -0.254. The van der Waals surface area contributed by atoms with Gasteiger partial charge in [-0.15, -0.1) is 11.3 Å². The predicted octanol–water partition coefficient (Wildman–Crippen LogP) is 0.653. The Morgan fingerprint density at radius 1 is 1.78 bits per heavy atom. The van der Waals surface area contributed by atoms with E-state index >= 15 is 0 Å². The molecule has 0 bridgehead atoms. The SMILES string of the molecule is [N-]=[N+]=N[C@@H]1C=C(c2nc(C(N)=O)cs2)OC[C@H]1O. The van der Waals surface area contributed by atoms with E-state index in [1.807, 2.05) is 0 Å². The highest BCUT2D eigenvalue weighted by atomic mass is 32.1. The summed E-state index contributed by atoms with van der Waals surface area (Å²) in [5.41, 5.74) is 13.6. The summed E-state index contributed by atoms with van der Waals surface area (Å²) in [6.45, 7) is 0.000997. The molecule has 0 fully saturated rings. The van der Waals surface area contributed by atoms with Crippen LogP contribution in [0.3, 0.4) is 0 Å². The van der Waals surface area contributed by atoms with Crippen LogP contribution in [0, 0.1) is 0 Å². The lowest BCUT2D eigenvalue weighted by Gasteiger charge is -2.22. The molecule has 1 aromatic heterocycles. The molecule has 94 valence electrons. The number of ether oxygens (including phenoxy) is 1. The van der Waals surface area contributed by atoms with Crippen LogP contribution in [0.25, 0.3) is 16.2 Å². The fourth-order valence-electron chi connectivity index (χ4n) is 1.39. The van der Waals surface area contributed by atoms with Crippen LogP contribution >= 0.6 is 11.3 Å². The van der Waals surface area contributed by atoms with E-state index in [0.29, 0.717) is 10.8 Å². The zero-order chi connectivity index (χ0) is 13.1. The first kappa shape index (κ1) is 12.4. The molecule has 18 heavy (non-hydrogen) atoms. The second-order valence-corrected chi connectivity index (χ2v) is 4.37. The van der Waals surface area contributed by atoms with E-state index in [2.05, 4.69) is 15.0 Å². The summed E-state index contributed by atoms with van der Waals surface area (Å²) >= 11 is 1.18. The number of amides is 1. The van der Waals surface area contributed by atoms with Crippen LogP contribution in [-0.4, -0.2) is 34.8 Å². The number of hydrogen-bond donors (Lipinski definition) is 2. The summed E-state index contributed by atoms with van der Waals surface area (Å²) in [6, 6.07) is -0.709. The van der Waals surface area contributed by atoms with Crippen LogP contribution < -0.4 is 5.73 Å². The summed E-state index contributed by atoms with van der Waals surface area (Å²) in [7, 11) is 0. The number of azide groups is 1. The van der Waals surface area contributed by atoms with Crippen molar-refractivity contribution in [2.24, 2.45) is 10.8 Å². The third-order valence-electron chi connectivity index (χ3n) is 2.28. The molecule has 3 N–H and O–H groups in total. The van der Waals surface area contributed by atoms with Gasteiger partial charge in [0.25, 0.3) is 5.91 Å². The monoisotopic (exact) mass is 267 g/mol. The Bertz CT molecular complexity index is 548. The predicted molar refractivity (Wildman–Crippen MR) is 63.5 cm³/mol. The van der Waals surface area contributed by atoms with Gasteiger partial charge in [-0.25, -0.2) is 4.98 Å². The van der Waals surface area contributed by atoms with Crippen molar-refractivity contribution in [3.8, 4) is 0 Å². The topological polar surface area (TPSA) is 134 Å². The number of primary amides is 1. The van der Waals surface area contributed by atoms with Crippen molar-refractivity contribution < 1.29 is 14.6 Å². The molecule has 2 rings (SSSR count). The van der Waals surface area contributed by atoms with Crippen LogP contribution in [0.2, 0.25) is 0 Å². The van der Waals surface area contributed by atoms with Crippen LogP contribution in [-0.2, 0) is 4.74 Å². The largest absolute Gasteiger partial charge is 0.488 e. The van der Waals surface area contributed by atoms with Crippen LogP contribution in [0.1, 0.15) is 15.5 Å². The van der Waals surface area contributed by atoms with E-state index in [1.54, 1.807) is 0 Å². The Hall–Kier alpha value is -2.09. The Labute approximate surface area is 105 Å². The number of aliphatic hydroxyl groups excluding tert-OH is 1. The first-order valence-corrected chi connectivity index (χ1v) is 5.82. The average Bonchev–Trinajstić information content (AvgIpc) is 2.82. The smallest absolute Gasteiger partial charge is 0.268 e. The quantitative estimate of drug-likeness (QED) is 0.472. The molecular formula is C9H9N5O3S. The molecule has 1 amide bonds. The van der Waals surface area contributed by atoms with Crippen molar-refractivity contribution in [3.05, 3.63) is 32.6 Å². The number of thiazole rings is 1. The lowest BCUT2D eigenvalue weighted by Crippen LogP contribution is -2.31. The lowest BCUT2D eigenvalue weighted by atomic mass is 10.1. The number of rotatable bonds is 3. The van der Waals surface area contributed by atoms with Crippen molar-refractivity contribution in [1.29, 1.82) is 0 Å². The minimum atomic E-state index is -0.889. The minimum Gasteiger partial charge on any atom is -0.488 e. The van der Waals surface area contributed by atoms with Gasteiger partial charge in [-0.1, -0.05) is 5.11 Å². The highest BCUT2D eigenvalue weighted by molar-refractivity contribution is 7.10. The second-order valence-electron chi connectivity index (χ2n) is 3.51.